The molecule has 2 aromatic heterocycles. The van der Waals surface area contributed by atoms with Crippen LogP contribution in [0.25, 0.3) is 0 Å². The van der Waals surface area contributed by atoms with Crippen LogP contribution in [0.15, 0.2) is 22.9 Å². The van der Waals surface area contributed by atoms with Crippen LogP contribution in [-0.2, 0) is 11.2 Å². The SMILES string of the molecule is O=C(Cc1csc(NC(=O)c2cccs2)n1)NC1CCCCCC1. The normalized spacial score (nSPS) is 15.7. The van der Waals surface area contributed by atoms with Crippen LogP contribution < -0.4 is 10.6 Å². The van der Waals surface area contributed by atoms with Gasteiger partial charge in [0.05, 0.1) is 17.0 Å². The van der Waals surface area contributed by atoms with E-state index in [0.717, 1.165) is 12.8 Å². The Bertz CT molecular complexity index is 674. The Hall–Kier alpha value is -1.73. The van der Waals surface area contributed by atoms with E-state index < -0.39 is 0 Å². The van der Waals surface area contributed by atoms with Crippen LogP contribution in [0.5, 0.6) is 0 Å². The molecule has 1 fully saturated rings. The molecule has 24 heavy (non-hydrogen) atoms. The standard InChI is InChI=1S/C17H21N3O2S2/c21-15(18-12-6-3-1-2-4-7-12)10-13-11-24-17(19-13)20-16(22)14-8-5-9-23-14/h5,8-9,11-12H,1-4,6-7,10H2,(H,18,21)(H,19,20,22). The van der Waals surface area contributed by atoms with Crippen LogP contribution in [0, 0.1) is 0 Å². The average Bonchev–Trinajstić information content (AvgIpc) is 3.16. The number of carbonyl (C=O) groups is 2. The van der Waals surface area contributed by atoms with Crippen LogP contribution in [0.3, 0.4) is 0 Å². The number of nitrogens with zero attached hydrogens (tertiary/aromatic N) is 1. The molecule has 0 saturated heterocycles. The van der Waals surface area contributed by atoms with Crippen LogP contribution in [0.2, 0.25) is 0 Å². The van der Waals surface area contributed by atoms with Crippen LogP contribution in [0.4, 0.5) is 5.13 Å². The van der Waals surface area contributed by atoms with Crippen LogP contribution in [-0.4, -0.2) is 22.8 Å². The summed E-state index contributed by atoms with van der Waals surface area (Å²) in [7, 11) is 0. The van der Waals surface area contributed by atoms with Crippen molar-refractivity contribution in [1.82, 2.24) is 10.3 Å². The molecule has 0 bridgehead atoms. The van der Waals surface area contributed by atoms with E-state index in [1.54, 1.807) is 6.07 Å². The summed E-state index contributed by atoms with van der Waals surface area (Å²) in [4.78, 5) is 29.2. The Morgan fingerprint density at radius 2 is 1.96 bits per heavy atom. The number of amides is 2. The summed E-state index contributed by atoms with van der Waals surface area (Å²) in [6, 6.07) is 3.91. The largest absolute Gasteiger partial charge is 0.353 e. The van der Waals surface area contributed by atoms with Crippen LogP contribution >= 0.6 is 22.7 Å². The smallest absolute Gasteiger partial charge is 0.267 e. The molecule has 2 N–H and O–H groups in total. The molecule has 0 radical (unpaired) electrons. The second-order valence-corrected chi connectivity index (χ2v) is 7.81. The Balaban J connectivity index is 1.50. The molecule has 0 aromatic carbocycles. The minimum absolute atomic E-state index is 0.0170. The molecule has 0 aliphatic heterocycles. The van der Waals surface area contributed by atoms with Gasteiger partial charge in [0, 0.05) is 11.4 Å². The number of hydrogen-bond donors (Lipinski definition) is 2. The molecule has 7 heteroatoms. The van der Waals surface area contributed by atoms with E-state index in [4.69, 9.17) is 0 Å². The topological polar surface area (TPSA) is 71.1 Å². The van der Waals surface area contributed by atoms with Gasteiger partial charge in [-0.15, -0.1) is 22.7 Å². The van der Waals surface area contributed by atoms with Crippen molar-refractivity contribution in [1.29, 1.82) is 0 Å². The fourth-order valence-electron chi connectivity index (χ4n) is 2.88. The van der Waals surface area contributed by atoms with Crippen molar-refractivity contribution in [2.45, 2.75) is 51.0 Å². The Morgan fingerprint density at radius 3 is 2.67 bits per heavy atom. The first kappa shape index (κ1) is 17.1. The highest BCUT2D eigenvalue weighted by Gasteiger charge is 2.16. The summed E-state index contributed by atoms with van der Waals surface area (Å²) in [5.41, 5.74) is 0.701. The molecular formula is C17H21N3O2S2. The van der Waals surface area contributed by atoms with E-state index in [9.17, 15) is 9.59 Å². The molecule has 3 rings (SSSR count). The molecule has 2 heterocycles. The number of thiazole rings is 1. The molecule has 2 aromatic rings. The Labute approximate surface area is 149 Å². The monoisotopic (exact) mass is 363 g/mol. The maximum absolute atomic E-state index is 12.2. The molecule has 0 unspecified atom stereocenters. The van der Waals surface area contributed by atoms with Crippen molar-refractivity contribution >= 4 is 39.6 Å². The number of thiophene rings is 1. The van der Waals surface area contributed by atoms with E-state index in [1.165, 1.54) is 48.4 Å². The zero-order chi connectivity index (χ0) is 16.8. The first-order valence-corrected chi connectivity index (χ1v) is 10.1. The van der Waals surface area contributed by atoms with Crippen molar-refractivity contribution < 1.29 is 9.59 Å². The fourth-order valence-corrected chi connectivity index (χ4v) is 4.20. The van der Waals surface area contributed by atoms with Gasteiger partial charge in [-0.3, -0.25) is 14.9 Å². The maximum Gasteiger partial charge on any atom is 0.267 e. The molecule has 1 saturated carbocycles. The minimum Gasteiger partial charge on any atom is -0.353 e. The van der Waals surface area contributed by atoms with Crippen LogP contribution in [0.1, 0.15) is 53.9 Å². The number of nitrogens with one attached hydrogen (secondary N) is 2. The third kappa shape index (κ3) is 4.88. The van der Waals surface area contributed by atoms with Gasteiger partial charge in [-0.25, -0.2) is 4.98 Å². The van der Waals surface area contributed by atoms with E-state index in [2.05, 4.69) is 15.6 Å². The summed E-state index contributed by atoms with van der Waals surface area (Å²) >= 11 is 2.74. The van der Waals surface area contributed by atoms with Gasteiger partial charge in [0.2, 0.25) is 5.91 Å². The lowest BCUT2D eigenvalue weighted by Gasteiger charge is -2.15. The molecule has 5 nitrogen and oxygen atoms in total. The summed E-state index contributed by atoms with van der Waals surface area (Å²) < 4.78 is 0. The molecule has 0 atom stereocenters. The third-order valence-corrected chi connectivity index (χ3v) is 5.75. The summed E-state index contributed by atoms with van der Waals surface area (Å²) in [5, 5.41) is 10.1. The average molecular weight is 364 g/mol. The lowest BCUT2D eigenvalue weighted by atomic mass is 10.1. The lowest BCUT2D eigenvalue weighted by Crippen LogP contribution is -2.35. The number of carbonyl (C=O) groups excluding carboxylic acids is 2. The van der Waals surface area contributed by atoms with Gasteiger partial charge in [-0.1, -0.05) is 31.7 Å². The Morgan fingerprint density at radius 1 is 1.17 bits per heavy atom. The number of anilines is 1. The first-order chi connectivity index (χ1) is 11.7. The highest BCUT2D eigenvalue weighted by Crippen LogP contribution is 2.19. The zero-order valence-corrected chi connectivity index (χ0v) is 15.0. The second kappa shape index (κ2) is 8.39. The number of aromatic nitrogens is 1. The molecule has 2 amide bonds. The van der Waals surface area contributed by atoms with Gasteiger partial charge in [-0.2, -0.15) is 0 Å². The minimum atomic E-state index is -0.159. The van der Waals surface area contributed by atoms with Gasteiger partial charge >= 0.3 is 0 Å². The number of rotatable bonds is 5. The van der Waals surface area contributed by atoms with E-state index in [-0.39, 0.29) is 18.2 Å². The zero-order valence-electron chi connectivity index (χ0n) is 13.4. The third-order valence-electron chi connectivity index (χ3n) is 4.08. The maximum atomic E-state index is 12.2. The van der Waals surface area contributed by atoms with Crippen molar-refractivity contribution in [3.05, 3.63) is 33.5 Å². The van der Waals surface area contributed by atoms with E-state index in [1.807, 2.05) is 16.8 Å². The van der Waals surface area contributed by atoms with Gasteiger partial charge in [0.25, 0.3) is 5.91 Å². The predicted octanol–water partition coefficient (Wildman–Crippen LogP) is 3.84. The first-order valence-electron chi connectivity index (χ1n) is 8.29. The quantitative estimate of drug-likeness (QED) is 0.793. The van der Waals surface area contributed by atoms with Crippen molar-refractivity contribution in [2.24, 2.45) is 0 Å². The number of hydrogen-bond acceptors (Lipinski definition) is 5. The molecule has 1 aliphatic rings. The summed E-state index contributed by atoms with van der Waals surface area (Å²) in [6.45, 7) is 0. The Kier molecular flexibility index (Phi) is 5.98. The molecular weight excluding hydrogens is 342 g/mol. The van der Waals surface area contributed by atoms with Crippen molar-refractivity contribution in [3.63, 3.8) is 0 Å². The summed E-state index contributed by atoms with van der Waals surface area (Å²) in [5.74, 6) is -0.142. The van der Waals surface area contributed by atoms with Crippen molar-refractivity contribution in [2.75, 3.05) is 5.32 Å². The molecule has 0 spiro atoms. The van der Waals surface area contributed by atoms with Gasteiger partial charge in [0.1, 0.15) is 0 Å². The summed E-state index contributed by atoms with van der Waals surface area (Å²) in [6.07, 6.45) is 7.34. The predicted molar refractivity (Wildman–Crippen MR) is 97.7 cm³/mol. The molecule has 128 valence electrons. The molecule has 1 aliphatic carbocycles. The second-order valence-electron chi connectivity index (χ2n) is 6.01. The van der Waals surface area contributed by atoms with Gasteiger partial charge < -0.3 is 5.32 Å². The van der Waals surface area contributed by atoms with Gasteiger partial charge in [0.15, 0.2) is 5.13 Å². The van der Waals surface area contributed by atoms with E-state index >= 15 is 0 Å². The lowest BCUT2D eigenvalue weighted by molar-refractivity contribution is -0.121. The van der Waals surface area contributed by atoms with E-state index in [0.29, 0.717) is 21.7 Å². The highest BCUT2D eigenvalue weighted by atomic mass is 32.1. The fraction of sp³-hybridized carbons (Fsp3) is 0.471. The van der Waals surface area contributed by atoms with Crippen molar-refractivity contribution in [3.8, 4) is 0 Å². The van der Waals surface area contributed by atoms with Gasteiger partial charge in [-0.05, 0) is 24.3 Å². The highest BCUT2D eigenvalue weighted by molar-refractivity contribution is 7.14.